The van der Waals surface area contributed by atoms with Crippen molar-refractivity contribution in [3.63, 3.8) is 0 Å². The highest BCUT2D eigenvalue weighted by Crippen LogP contribution is 2.14. The number of benzene rings is 1. The van der Waals surface area contributed by atoms with Gasteiger partial charge in [-0.3, -0.25) is 9.79 Å². The number of halogens is 2. The lowest BCUT2D eigenvalue weighted by Crippen LogP contribution is -2.42. The summed E-state index contributed by atoms with van der Waals surface area (Å²) < 4.78 is 5.74. The van der Waals surface area contributed by atoms with Gasteiger partial charge in [-0.1, -0.05) is 37.6 Å². The smallest absolute Gasteiger partial charge is 0.252 e. The molecule has 1 rings (SSSR count). The van der Waals surface area contributed by atoms with Crippen LogP contribution in [0.4, 0.5) is 0 Å². The predicted octanol–water partition coefficient (Wildman–Crippen LogP) is 3.30. The minimum atomic E-state index is -0.183. The Morgan fingerprint density at radius 2 is 1.78 bits per heavy atom. The number of hydrogen-bond donors (Lipinski definition) is 3. The fourth-order valence-electron chi connectivity index (χ4n) is 2.47. The normalized spacial score (nSPS) is 12.3. The summed E-state index contributed by atoms with van der Waals surface area (Å²) in [5.74, 6) is 1.000. The van der Waals surface area contributed by atoms with Gasteiger partial charge in [-0.15, -0.1) is 24.0 Å². The summed E-state index contributed by atoms with van der Waals surface area (Å²) in [4.78, 5) is 16.3. The summed E-state index contributed by atoms with van der Waals surface area (Å²) in [6.45, 7) is 8.87. The van der Waals surface area contributed by atoms with Crippen molar-refractivity contribution in [1.29, 1.82) is 0 Å². The predicted molar refractivity (Wildman–Crippen MR) is 123 cm³/mol. The third kappa shape index (κ3) is 10.2. The van der Waals surface area contributed by atoms with E-state index in [9.17, 15) is 4.79 Å². The van der Waals surface area contributed by atoms with Gasteiger partial charge in [0.25, 0.3) is 5.91 Å². The Bertz CT molecular complexity index is 585. The molecule has 1 atom stereocenters. The monoisotopic (exact) mass is 510 g/mol. The third-order valence-electron chi connectivity index (χ3n) is 3.89. The molecule has 0 aliphatic carbocycles. The number of carbonyl (C=O) groups is 1. The molecule has 0 radical (unpaired) electrons. The molecule has 0 fully saturated rings. The minimum Gasteiger partial charge on any atom is -0.378 e. The standard InChI is InChI=1S/C19H31ClN4O2.HI/c1-5-26-17(14(2)3)10-11-23-19(21-4)24-13-12-22-18(25)15-8-6-7-9-16(15)20;/h6-9,14,17H,5,10-13H2,1-4H3,(H,22,25)(H2,21,23,24);1H. The van der Waals surface area contributed by atoms with E-state index in [1.165, 1.54) is 0 Å². The Morgan fingerprint density at radius 3 is 2.37 bits per heavy atom. The molecule has 0 aromatic heterocycles. The van der Waals surface area contributed by atoms with Crippen molar-refractivity contribution >= 4 is 47.4 Å². The first kappa shape index (κ1) is 25.9. The number of aliphatic imine (C=N–C) groups is 1. The molecule has 0 saturated heterocycles. The van der Waals surface area contributed by atoms with E-state index in [0.717, 1.165) is 19.6 Å². The molecule has 3 N–H and O–H groups in total. The van der Waals surface area contributed by atoms with Gasteiger partial charge in [-0.2, -0.15) is 0 Å². The second kappa shape index (κ2) is 14.9. The largest absolute Gasteiger partial charge is 0.378 e. The first-order chi connectivity index (χ1) is 12.5. The summed E-state index contributed by atoms with van der Waals surface area (Å²) in [6, 6.07) is 6.99. The van der Waals surface area contributed by atoms with Gasteiger partial charge in [0.2, 0.25) is 0 Å². The van der Waals surface area contributed by atoms with Crippen LogP contribution in [0.1, 0.15) is 37.6 Å². The van der Waals surface area contributed by atoms with Crippen molar-refractivity contribution in [2.75, 3.05) is 33.3 Å². The molecule has 0 saturated carbocycles. The van der Waals surface area contributed by atoms with Crippen molar-refractivity contribution < 1.29 is 9.53 Å². The number of rotatable bonds is 10. The zero-order valence-electron chi connectivity index (χ0n) is 16.5. The van der Waals surface area contributed by atoms with E-state index in [1.807, 2.05) is 6.92 Å². The van der Waals surface area contributed by atoms with E-state index in [2.05, 4.69) is 34.8 Å². The number of guanidine groups is 1. The number of amides is 1. The van der Waals surface area contributed by atoms with Crippen molar-refractivity contribution in [2.24, 2.45) is 10.9 Å². The summed E-state index contributed by atoms with van der Waals surface area (Å²) in [5.41, 5.74) is 0.479. The molecule has 27 heavy (non-hydrogen) atoms. The van der Waals surface area contributed by atoms with E-state index in [0.29, 0.717) is 35.6 Å². The lowest BCUT2D eigenvalue weighted by atomic mass is 10.0. The molecule has 6 nitrogen and oxygen atoms in total. The Labute approximate surface area is 184 Å². The molecule has 8 heteroatoms. The molecule has 0 aliphatic heterocycles. The van der Waals surface area contributed by atoms with Gasteiger partial charge >= 0.3 is 0 Å². The minimum absolute atomic E-state index is 0. The average Bonchev–Trinajstić information content (AvgIpc) is 2.62. The van der Waals surface area contributed by atoms with Crippen LogP contribution < -0.4 is 16.0 Å². The number of nitrogens with zero attached hydrogens (tertiary/aromatic N) is 1. The zero-order chi connectivity index (χ0) is 19.4. The van der Waals surface area contributed by atoms with Crippen LogP contribution in [-0.2, 0) is 4.74 Å². The fraction of sp³-hybridized carbons (Fsp3) is 0.579. The topological polar surface area (TPSA) is 74.8 Å². The fourth-order valence-corrected chi connectivity index (χ4v) is 2.70. The highest BCUT2D eigenvalue weighted by atomic mass is 127. The van der Waals surface area contributed by atoms with Gasteiger partial charge in [-0.05, 0) is 31.4 Å². The first-order valence-corrected chi connectivity index (χ1v) is 9.46. The lowest BCUT2D eigenvalue weighted by Gasteiger charge is -2.21. The van der Waals surface area contributed by atoms with Crippen LogP contribution in [0.25, 0.3) is 0 Å². The van der Waals surface area contributed by atoms with Gasteiger partial charge in [0, 0.05) is 33.3 Å². The van der Waals surface area contributed by atoms with Crippen molar-refractivity contribution in [3.05, 3.63) is 34.9 Å². The van der Waals surface area contributed by atoms with Gasteiger partial charge in [0.1, 0.15) is 0 Å². The molecule has 0 aliphatic rings. The molecule has 0 spiro atoms. The quantitative estimate of drug-likeness (QED) is 0.195. The van der Waals surface area contributed by atoms with Crippen LogP contribution in [0, 0.1) is 5.92 Å². The maximum absolute atomic E-state index is 12.1. The van der Waals surface area contributed by atoms with E-state index in [-0.39, 0.29) is 36.0 Å². The Hall–Kier alpha value is -1.06. The van der Waals surface area contributed by atoms with Gasteiger partial charge < -0.3 is 20.7 Å². The van der Waals surface area contributed by atoms with E-state index in [4.69, 9.17) is 16.3 Å². The highest BCUT2D eigenvalue weighted by molar-refractivity contribution is 14.0. The number of hydrogen-bond acceptors (Lipinski definition) is 3. The Balaban J connectivity index is 0.00000676. The van der Waals surface area contributed by atoms with Crippen LogP contribution in [0.3, 0.4) is 0 Å². The van der Waals surface area contributed by atoms with Crippen molar-refractivity contribution in [1.82, 2.24) is 16.0 Å². The molecule has 1 aromatic carbocycles. The molecule has 1 aromatic rings. The maximum Gasteiger partial charge on any atom is 0.252 e. The molecular formula is C19H32ClIN4O2. The molecule has 0 bridgehead atoms. The zero-order valence-corrected chi connectivity index (χ0v) is 19.6. The highest BCUT2D eigenvalue weighted by Gasteiger charge is 2.13. The lowest BCUT2D eigenvalue weighted by molar-refractivity contribution is 0.0258. The summed E-state index contributed by atoms with van der Waals surface area (Å²) in [7, 11) is 1.72. The van der Waals surface area contributed by atoms with Crippen molar-refractivity contribution in [2.45, 2.75) is 33.3 Å². The first-order valence-electron chi connectivity index (χ1n) is 9.08. The number of carbonyl (C=O) groups excluding carboxylic acids is 1. The van der Waals surface area contributed by atoms with E-state index >= 15 is 0 Å². The van der Waals surface area contributed by atoms with Crippen LogP contribution in [0.15, 0.2) is 29.3 Å². The Morgan fingerprint density at radius 1 is 1.15 bits per heavy atom. The second-order valence-electron chi connectivity index (χ2n) is 6.19. The Kier molecular flexibility index (Phi) is 14.3. The molecule has 1 unspecified atom stereocenters. The molecule has 154 valence electrons. The van der Waals surface area contributed by atoms with Crippen LogP contribution in [-0.4, -0.2) is 51.3 Å². The number of ether oxygens (including phenoxy) is 1. The van der Waals surface area contributed by atoms with Gasteiger partial charge in [-0.25, -0.2) is 0 Å². The van der Waals surface area contributed by atoms with Gasteiger partial charge in [0.05, 0.1) is 16.7 Å². The maximum atomic E-state index is 12.1. The average molecular weight is 511 g/mol. The molecule has 1 amide bonds. The van der Waals surface area contributed by atoms with Crippen molar-refractivity contribution in [3.8, 4) is 0 Å². The van der Waals surface area contributed by atoms with E-state index in [1.54, 1.807) is 31.3 Å². The SMILES string of the molecule is CCOC(CCNC(=NC)NCCNC(=O)c1ccccc1Cl)C(C)C.I. The van der Waals surface area contributed by atoms with Crippen LogP contribution in [0.5, 0.6) is 0 Å². The number of nitrogens with one attached hydrogen (secondary N) is 3. The third-order valence-corrected chi connectivity index (χ3v) is 4.22. The molecular weight excluding hydrogens is 479 g/mol. The summed E-state index contributed by atoms with van der Waals surface area (Å²) >= 11 is 6.02. The summed E-state index contributed by atoms with van der Waals surface area (Å²) in [6.07, 6.45) is 1.15. The van der Waals surface area contributed by atoms with Gasteiger partial charge in [0.15, 0.2) is 5.96 Å². The van der Waals surface area contributed by atoms with Crippen LogP contribution >= 0.6 is 35.6 Å². The summed E-state index contributed by atoms with van der Waals surface area (Å²) in [5, 5.41) is 9.73. The second-order valence-corrected chi connectivity index (χ2v) is 6.60. The van der Waals surface area contributed by atoms with Crippen LogP contribution in [0.2, 0.25) is 5.02 Å². The van der Waals surface area contributed by atoms with E-state index < -0.39 is 0 Å². The molecule has 0 heterocycles.